The molecular weight excluding hydrogens is 511 g/mol. The second kappa shape index (κ2) is 9.32. The number of halogens is 2. The Balaban J connectivity index is 1.38. The number of nitrogens with zero attached hydrogens (tertiary/aromatic N) is 2. The van der Waals surface area contributed by atoms with Gasteiger partial charge in [0.25, 0.3) is 0 Å². The van der Waals surface area contributed by atoms with Crippen LogP contribution in [0.3, 0.4) is 0 Å². The largest absolute Gasteiger partial charge is 0.206 e. The lowest BCUT2D eigenvalue weighted by Gasteiger charge is -2.05. The molecule has 3 aromatic carbocycles. The predicted octanol–water partition coefficient (Wildman–Crippen LogP) is 9.63. The lowest BCUT2D eigenvalue weighted by molar-refractivity contribution is 0.629. The van der Waals surface area contributed by atoms with Gasteiger partial charge in [0.05, 0.1) is 11.7 Å². The maximum atomic E-state index is 14.7. The van der Waals surface area contributed by atoms with E-state index < -0.39 is 0 Å². The molecular formula is C29H20F2N2S3. The highest BCUT2D eigenvalue weighted by atomic mass is 32.1. The first-order valence-electron chi connectivity index (χ1n) is 11.5. The first kappa shape index (κ1) is 23.2. The molecule has 0 aliphatic carbocycles. The maximum Gasteiger partial charge on any atom is 0.132 e. The second-order valence-corrected chi connectivity index (χ2v) is 11.3. The van der Waals surface area contributed by atoms with Crippen LogP contribution in [0.5, 0.6) is 0 Å². The fourth-order valence-corrected chi connectivity index (χ4v) is 7.01. The van der Waals surface area contributed by atoms with Gasteiger partial charge in [0.2, 0.25) is 0 Å². The van der Waals surface area contributed by atoms with Gasteiger partial charge < -0.3 is 0 Å². The summed E-state index contributed by atoms with van der Waals surface area (Å²) >= 11 is 4.27. The van der Waals surface area contributed by atoms with Crippen LogP contribution in [0.4, 0.5) is 8.78 Å². The van der Waals surface area contributed by atoms with E-state index in [1.165, 1.54) is 11.7 Å². The van der Waals surface area contributed by atoms with E-state index in [4.69, 9.17) is 0 Å². The topological polar surface area (TPSA) is 25.8 Å². The number of benzene rings is 3. The third-order valence-electron chi connectivity index (χ3n) is 6.26. The monoisotopic (exact) mass is 530 g/mol. The van der Waals surface area contributed by atoms with Crippen molar-refractivity contribution in [2.45, 2.75) is 20.3 Å². The molecule has 0 radical (unpaired) electrons. The minimum absolute atomic E-state index is 0.197. The van der Waals surface area contributed by atoms with E-state index >= 15 is 0 Å². The third-order valence-corrected chi connectivity index (χ3v) is 9.09. The zero-order valence-corrected chi connectivity index (χ0v) is 22.0. The highest BCUT2D eigenvalue weighted by molar-refractivity contribution is 7.19. The molecule has 0 spiro atoms. The lowest BCUT2D eigenvalue weighted by atomic mass is 10.1. The van der Waals surface area contributed by atoms with Gasteiger partial charge in [-0.15, -0.1) is 22.7 Å². The third kappa shape index (κ3) is 4.07. The number of aryl methyl sites for hydroxylation is 2. The van der Waals surface area contributed by atoms with Crippen molar-refractivity contribution in [1.29, 1.82) is 0 Å². The lowest BCUT2D eigenvalue weighted by Crippen LogP contribution is -1.86. The SMILES string of the molecule is CCc1ccc(-c2ccc(-c3ccc(-c4ccc(-c5ccc(C)cc5F)s4)c4nsnc34)s2)c(F)c1. The molecule has 0 fully saturated rings. The summed E-state index contributed by atoms with van der Waals surface area (Å²) in [5.41, 5.74) is 6.70. The minimum Gasteiger partial charge on any atom is -0.206 e. The Morgan fingerprint density at radius 2 is 1.08 bits per heavy atom. The molecule has 0 amide bonds. The molecule has 0 bridgehead atoms. The smallest absolute Gasteiger partial charge is 0.132 e. The van der Waals surface area contributed by atoms with Gasteiger partial charge >= 0.3 is 0 Å². The molecule has 7 heteroatoms. The van der Waals surface area contributed by atoms with Crippen LogP contribution in [0.1, 0.15) is 18.1 Å². The van der Waals surface area contributed by atoms with E-state index in [-0.39, 0.29) is 11.6 Å². The van der Waals surface area contributed by atoms with Crippen molar-refractivity contribution in [2.24, 2.45) is 0 Å². The van der Waals surface area contributed by atoms with Crippen LogP contribution < -0.4 is 0 Å². The van der Waals surface area contributed by atoms with Gasteiger partial charge in [-0.05, 0) is 60.9 Å². The Kier molecular flexibility index (Phi) is 5.99. The van der Waals surface area contributed by atoms with Crippen molar-refractivity contribution in [2.75, 3.05) is 0 Å². The van der Waals surface area contributed by atoms with Crippen molar-refractivity contribution in [1.82, 2.24) is 8.75 Å². The fourth-order valence-electron chi connectivity index (χ4n) is 4.32. The summed E-state index contributed by atoms with van der Waals surface area (Å²) in [7, 11) is 0. The molecule has 0 saturated carbocycles. The first-order chi connectivity index (χ1) is 17.5. The van der Waals surface area contributed by atoms with Gasteiger partial charge in [-0.2, -0.15) is 8.75 Å². The summed E-state index contributed by atoms with van der Waals surface area (Å²) in [5.74, 6) is -0.412. The molecule has 2 nitrogen and oxygen atoms in total. The number of thiophene rings is 2. The standard InChI is InChI=1S/C29H20F2N2S3/c1-3-17-5-7-19(23(31)15-17)25-11-13-27(35-25)21-9-8-20(28-29(21)33-36-32-28)26-12-10-24(34-26)18-6-4-16(2)14-22(18)30/h4-15H,3H2,1-2H3. The van der Waals surface area contributed by atoms with Crippen LogP contribution in [-0.2, 0) is 6.42 Å². The normalized spacial score (nSPS) is 11.4. The summed E-state index contributed by atoms with van der Waals surface area (Å²) in [4.78, 5) is 3.79. The van der Waals surface area contributed by atoms with Crippen LogP contribution in [0.15, 0.2) is 72.8 Å². The van der Waals surface area contributed by atoms with Gasteiger partial charge in [0.1, 0.15) is 22.7 Å². The maximum absolute atomic E-state index is 14.7. The van der Waals surface area contributed by atoms with Gasteiger partial charge in [-0.3, -0.25) is 0 Å². The van der Waals surface area contributed by atoms with E-state index in [2.05, 4.69) is 20.9 Å². The molecule has 0 atom stereocenters. The Hall–Kier alpha value is -3.26. The van der Waals surface area contributed by atoms with Crippen molar-refractivity contribution in [3.8, 4) is 41.8 Å². The van der Waals surface area contributed by atoms with E-state index in [1.54, 1.807) is 34.8 Å². The number of aromatic nitrogens is 2. The van der Waals surface area contributed by atoms with E-state index in [9.17, 15) is 8.78 Å². The van der Waals surface area contributed by atoms with Crippen LogP contribution >= 0.6 is 34.4 Å². The number of hydrogen-bond donors (Lipinski definition) is 0. The van der Waals surface area contributed by atoms with Gasteiger partial charge in [-0.1, -0.05) is 43.3 Å². The van der Waals surface area contributed by atoms with Crippen LogP contribution in [-0.4, -0.2) is 8.75 Å². The van der Waals surface area contributed by atoms with Gasteiger partial charge in [-0.25, -0.2) is 8.78 Å². The highest BCUT2D eigenvalue weighted by Crippen LogP contribution is 2.43. The summed E-state index contributed by atoms with van der Waals surface area (Å²) < 4.78 is 38.5. The van der Waals surface area contributed by atoms with Crippen molar-refractivity contribution < 1.29 is 8.78 Å². The number of fused-ring (bicyclic) bond motifs is 1. The molecule has 0 N–H and O–H groups in total. The van der Waals surface area contributed by atoms with Crippen LogP contribution in [0.2, 0.25) is 0 Å². The Bertz CT molecular complexity index is 1730. The molecule has 178 valence electrons. The zero-order chi connectivity index (χ0) is 24.8. The quantitative estimate of drug-likeness (QED) is 0.222. The van der Waals surface area contributed by atoms with Crippen LogP contribution in [0.25, 0.3) is 52.8 Å². The van der Waals surface area contributed by atoms with Crippen LogP contribution in [0, 0.1) is 18.6 Å². The van der Waals surface area contributed by atoms with Crippen molar-refractivity contribution in [3.63, 3.8) is 0 Å². The number of hydrogen-bond acceptors (Lipinski definition) is 5. The van der Waals surface area contributed by atoms with Gasteiger partial charge in [0, 0.05) is 41.8 Å². The molecule has 0 unspecified atom stereocenters. The predicted molar refractivity (Wildman–Crippen MR) is 149 cm³/mol. The van der Waals surface area contributed by atoms with Crippen molar-refractivity contribution >= 4 is 45.4 Å². The molecule has 6 rings (SSSR count). The molecule has 0 aliphatic rings. The molecule has 3 heterocycles. The highest BCUT2D eigenvalue weighted by Gasteiger charge is 2.18. The molecule has 36 heavy (non-hydrogen) atoms. The number of rotatable bonds is 5. The molecule has 3 aromatic heterocycles. The van der Waals surface area contributed by atoms with Crippen molar-refractivity contribution in [3.05, 3.63) is 95.6 Å². The average Bonchev–Trinajstić information content (AvgIpc) is 3.64. The second-order valence-electron chi connectivity index (χ2n) is 8.60. The van der Waals surface area contributed by atoms with E-state index in [0.717, 1.165) is 59.2 Å². The Morgan fingerprint density at radius 1 is 0.611 bits per heavy atom. The summed E-state index contributed by atoms with van der Waals surface area (Å²) in [5, 5.41) is 0. The average molecular weight is 531 g/mol. The fraction of sp³-hybridized carbons (Fsp3) is 0.103. The van der Waals surface area contributed by atoms with E-state index in [0.29, 0.717) is 11.1 Å². The molecule has 0 saturated heterocycles. The Morgan fingerprint density at radius 3 is 1.58 bits per heavy atom. The van der Waals surface area contributed by atoms with E-state index in [1.807, 2.05) is 62.4 Å². The minimum atomic E-state index is -0.214. The first-order valence-corrected chi connectivity index (χ1v) is 13.9. The molecule has 0 aliphatic heterocycles. The van der Waals surface area contributed by atoms with Gasteiger partial charge in [0.15, 0.2) is 0 Å². The Labute approximate surface area is 219 Å². The summed E-state index contributed by atoms with van der Waals surface area (Å²) in [6.07, 6.45) is 0.805. The molecule has 6 aromatic rings. The zero-order valence-electron chi connectivity index (χ0n) is 19.5. The summed E-state index contributed by atoms with van der Waals surface area (Å²) in [6.45, 7) is 3.90. The summed E-state index contributed by atoms with van der Waals surface area (Å²) in [6, 6.07) is 22.8.